The highest BCUT2D eigenvalue weighted by Crippen LogP contribution is 2.42. The largest absolute Gasteiger partial charge is 0.491 e. The van der Waals surface area contributed by atoms with Gasteiger partial charge in [-0.2, -0.15) is 5.26 Å². The first-order valence-electron chi connectivity index (χ1n) is 12.3. The van der Waals surface area contributed by atoms with Crippen LogP contribution in [0.15, 0.2) is 18.3 Å². The maximum absolute atomic E-state index is 15.5. The molecule has 7 heteroatoms. The second-order valence-corrected chi connectivity index (χ2v) is 10.6. The summed E-state index contributed by atoms with van der Waals surface area (Å²) in [5.74, 6) is 0.410. The molecule has 1 saturated heterocycles. The lowest BCUT2D eigenvalue weighted by Crippen LogP contribution is -2.41. The Morgan fingerprint density at radius 1 is 1.41 bits per heavy atom. The van der Waals surface area contributed by atoms with Crippen molar-refractivity contribution < 1.29 is 18.7 Å². The lowest BCUT2D eigenvalue weighted by Gasteiger charge is -2.37. The Balaban J connectivity index is 1.70. The number of aryl methyl sites for hydroxylation is 1. The topological polar surface area (TPSA) is 65.8 Å². The fraction of sp³-hybridized carbons (Fsp3) is 0.630. The zero-order valence-corrected chi connectivity index (χ0v) is 21.2. The number of fused-ring (bicyclic) bond motifs is 4. The molecule has 0 saturated carbocycles. The SMILES string of the molecule is CN(C)/C=C\CCCc1cc2c(c(F)c1C#N)N1CCC(CCC(=O)OC(C)(C)C)[C@H](CO2)C1. The normalized spacial score (nSPS) is 19.7. The van der Waals surface area contributed by atoms with Gasteiger partial charge in [-0.25, -0.2) is 4.39 Å². The Kier molecular flexibility index (Phi) is 8.46. The molecule has 0 aromatic heterocycles. The highest BCUT2D eigenvalue weighted by Gasteiger charge is 2.36. The number of ether oxygens (including phenoxy) is 2. The van der Waals surface area contributed by atoms with Gasteiger partial charge in [0.05, 0.1) is 12.2 Å². The number of carbonyl (C=O) groups is 1. The van der Waals surface area contributed by atoms with E-state index in [-0.39, 0.29) is 17.5 Å². The van der Waals surface area contributed by atoms with Gasteiger partial charge in [-0.05, 0) is 76.6 Å². The molecule has 0 amide bonds. The van der Waals surface area contributed by atoms with Gasteiger partial charge in [0.15, 0.2) is 5.82 Å². The van der Waals surface area contributed by atoms with Crippen LogP contribution < -0.4 is 9.64 Å². The fourth-order valence-corrected chi connectivity index (χ4v) is 4.83. The molecule has 6 nitrogen and oxygen atoms in total. The maximum Gasteiger partial charge on any atom is 0.306 e. The first-order valence-corrected chi connectivity index (χ1v) is 12.3. The molecule has 0 spiro atoms. The molecule has 1 aromatic rings. The molecule has 2 aliphatic heterocycles. The molecule has 186 valence electrons. The van der Waals surface area contributed by atoms with Gasteiger partial charge >= 0.3 is 5.97 Å². The molecular formula is C27H38FN3O3. The Morgan fingerprint density at radius 3 is 2.85 bits per heavy atom. The Hall–Kier alpha value is -2.75. The van der Waals surface area contributed by atoms with Gasteiger partial charge in [-0.15, -0.1) is 0 Å². The van der Waals surface area contributed by atoms with Gasteiger partial charge in [-0.1, -0.05) is 6.08 Å². The molecule has 3 rings (SSSR count). The second-order valence-electron chi connectivity index (χ2n) is 10.6. The number of nitriles is 1. The molecule has 1 fully saturated rings. The number of hydrogen-bond donors (Lipinski definition) is 0. The number of anilines is 1. The lowest BCUT2D eigenvalue weighted by atomic mass is 9.82. The van der Waals surface area contributed by atoms with E-state index in [1.807, 2.05) is 56.9 Å². The van der Waals surface area contributed by atoms with Crippen LogP contribution in [0, 0.1) is 29.0 Å². The van der Waals surface area contributed by atoms with Gasteiger partial charge < -0.3 is 19.3 Å². The van der Waals surface area contributed by atoms with Crippen molar-refractivity contribution in [1.29, 1.82) is 5.26 Å². The third-order valence-corrected chi connectivity index (χ3v) is 6.42. The van der Waals surface area contributed by atoms with E-state index >= 15 is 4.39 Å². The minimum Gasteiger partial charge on any atom is -0.491 e. The Morgan fingerprint density at radius 2 is 2.18 bits per heavy atom. The Labute approximate surface area is 203 Å². The fourth-order valence-electron chi connectivity index (χ4n) is 4.83. The summed E-state index contributed by atoms with van der Waals surface area (Å²) in [6, 6.07) is 3.96. The predicted octanol–water partition coefficient (Wildman–Crippen LogP) is 5.05. The summed E-state index contributed by atoms with van der Waals surface area (Å²) in [5, 5.41) is 9.70. The Bertz CT molecular complexity index is 946. The average Bonchev–Trinajstić information content (AvgIpc) is 2.88. The quantitative estimate of drug-likeness (QED) is 0.390. The monoisotopic (exact) mass is 471 g/mol. The molecule has 2 aliphatic rings. The number of halogens is 1. The molecule has 2 bridgehead atoms. The maximum atomic E-state index is 15.5. The van der Waals surface area contributed by atoms with Crippen molar-refractivity contribution >= 4 is 11.7 Å². The van der Waals surface area contributed by atoms with Crippen molar-refractivity contribution in [2.45, 2.75) is 64.9 Å². The van der Waals surface area contributed by atoms with Gasteiger partial charge in [0.2, 0.25) is 0 Å². The smallest absolute Gasteiger partial charge is 0.306 e. The number of rotatable bonds is 8. The van der Waals surface area contributed by atoms with Crippen molar-refractivity contribution in [1.82, 2.24) is 4.90 Å². The van der Waals surface area contributed by atoms with E-state index in [0.29, 0.717) is 55.5 Å². The number of benzene rings is 1. The number of unbranched alkanes of at least 4 members (excludes halogenated alkanes) is 1. The van der Waals surface area contributed by atoms with E-state index in [0.717, 1.165) is 25.7 Å². The predicted molar refractivity (Wildman–Crippen MR) is 131 cm³/mol. The van der Waals surface area contributed by atoms with E-state index in [4.69, 9.17) is 9.47 Å². The number of nitrogens with zero attached hydrogens (tertiary/aromatic N) is 3. The molecule has 2 heterocycles. The molecule has 0 radical (unpaired) electrons. The second kappa shape index (κ2) is 11.1. The van der Waals surface area contributed by atoms with Crippen molar-refractivity contribution in [3.05, 3.63) is 35.3 Å². The van der Waals surface area contributed by atoms with Crippen LogP contribution in [0.5, 0.6) is 5.75 Å². The molecular weight excluding hydrogens is 433 g/mol. The summed E-state index contributed by atoms with van der Waals surface area (Å²) >= 11 is 0. The van der Waals surface area contributed by atoms with Crippen LogP contribution in [0.25, 0.3) is 0 Å². The van der Waals surface area contributed by atoms with Crippen LogP contribution in [-0.2, 0) is 16.0 Å². The van der Waals surface area contributed by atoms with Crippen molar-refractivity contribution in [2.24, 2.45) is 11.8 Å². The van der Waals surface area contributed by atoms with Gasteiger partial charge in [0.25, 0.3) is 0 Å². The first kappa shape index (κ1) is 25.9. The zero-order valence-electron chi connectivity index (χ0n) is 21.2. The summed E-state index contributed by atoms with van der Waals surface area (Å²) < 4.78 is 27.1. The van der Waals surface area contributed by atoms with Crippen molar-refractivity contribution in [2.75, 3.05) is 38.7 Å². The van der Waals surface area contributed by atoms with Crippen molar-refractivity contribution in [3.63, 3.8) is 0 Å². The van der Waals surface area contributed by atoms with Crippen molar-refractivity contribution in [3.8, 4) is 11.8 Å². The molecule has 0 N–H and O–H groups in total. The van der Waals surface area contributed by atoms with E-state index in [2.05, 4.69) is 12.1 Å². The number of carbonyl (C=O) groups excluding carboxylic acids is 1. The summed E-state index contributed by atoms with van der Waals surface area (Å²) in [7, 11) is 3.94. The van der Waals surface area contributed by atoms with Gasteiger partial charge in [-0.3, -0.25) is 4.79 Å². The van der Waals surface area contributed by atoms with Crippen LogP contribution in [0.2, 0.25) is 0 Å². The van der Waals surface area contributed by atoms with E-state index in [1.165, 1.54) is 0 Å². The summed E-state index contributed by atoms with van der Waals surface area (Å²) in [5.41, 5.74) is 0.769. The van der Waals surface area contributed by atoms with E-state index in [1.54, 1.807) is 0 Å². The summed E-state index contributed by atoms with van der Waals surface area (Å²) in [6.07, 6.45) is 8.36. The third-order valence-electron chi connectivity index (χ3n) is 6.42. The van der Waals surface area contributed by atoms with E-state index in [9.17, 15) is 10.1 Å². The minimum atomic E-state index is -0.482. The van der Waals surface area contributed by atoms with Crippen LogP contribution in [0.4, 0.5) is 10.1 Å². The van der Waals surface area contributed by atoms with Crippen LogP contribution >= 0.6 is 0 Å². The molecule has 0 aliphatic carbocycles. The highest BCUT2D eigenvalue weighted by molar-refractivity contribution is 5.70. The lowest BCUT2D eigenvalue weighted by molar-refractivity contribution is -0.155. The standard InChI is InChI=1S/C27H38FN3O3/c1-27(2,3)34-24(32)11-10-19-12-14-31-17-21(19)18-33-23-15-20(9-7-6-8-13-30(4)5)22(16-29)25(28)26(23)31/h8,13,15,19,21H,6-7,9-12,14,17-18H2,1-5H3/b13-8-/t19?,21-/m0/s1. The molecule has 2 atom stereocenters. The minimum absolute atomic E-state index is 0.129. The number of allylic oxidation sites excluding steroid dienone is 1. The number of hydrogen-bond acceptors (Lipinski definition) is 6. The first-order chi connectivity index (χ1) is 16.1. The van der Waals surface area contributed by atoms with Crippen LogP contribution in [0.3, 0.4) is 0 Å². The summed E-state index contributed by atoms with van der Waals surface area (Å²) in [6.45, 7) is 7.46. The molecule has 1 unspecified atom stereocenters. The number of piperidine rings is 1. The number of esters is 1. The van der Waals surface area contributed by atoms with Crippen LogP contribution in [0.1, 0.15) is 64.0 Å². The van der Waals surface area contributed by atoms with Crippen LogP contribution in [-0.4, -0.2) is 50.3 Å². The average molecular weight is 472 g/mol. The third kappa shape index (κ3) is 6.65. The van der Waals surface area contributed by atoms with Gasteiger partial charge in [0, 0.05) is 39.5 Å². The molecule has 1 aromatic carbocycles. The van der Waals surface area contributed by atoms with E-state index < -0.39 is 11.4 Å². The summed E-state index contributed by atoms with van der Waals surface area (Å²) in [4.78, 5) is 16.2. The zero-order chi connectivity index (χ0) is 24.9. The highest BCUT2D eigenvalue weighted by atomic mass is 19.1. The van der Waals surface area contributed by atoms with Gasteiger partial charge in [0.1, 0.15) is 23.1 Å². The molecule has 34 heavy (non-hydrogen) atoms.